The summed E-state index contributed by atoms with van der Waals surface area (Å²) in [4.78, 5) is 4.62. The second-order valence-electron chi connectivity index (χ2n) is 6.43. The van der Waals surface area contributed by atoms with E-state index >= 15 is 0 Å². The van der Waals surface area contributed by atoms with Crippen molar-refractivity contribution in [3.63, 3.8) is 0 Å². The summed E-state index contributed by atoms with van der Waals surface area (Å²) < 4.78 is 6.07. The van der Waals surface area contributed by atoms with Crippen LogP contribution in [0.25, 0.3) is 0 Å². The van der Waals surface area contributed by atoms with Gasteiger partial charge in [0.15, 0.2) is 0 Å². The Hall–Kier alpha value is -0.930. The minimum Gasteiger partial charge on any atom is -0.375 e. The number of hydrogen-bond donors (Lipinski definition) is 1. The molecule has 2 atom stereocenters. The third-order valence-corrected chi connectivity index (χ3v) is 4.95. The topological polar surface area (TPSA) is 34.2 Å². The Bertz CT molecular complexity index is 456. The molecule has 110 valence electrons. The van der Waals surface area contributed by atoms with Crippen LogP contribution < -0.4 is 5.32 Å². The highest BCUT2D eigenvalue weighted by atomic mass is 16.5. The summed E-state index contributed by atoms with van der Waals surface area (Å²) in [6.07, 6.45) is 8.12. The summed E-state index contributed by atoms with van der Waals surface area (Å²) in [6.45, 7) is 6.23. The van der Waals surface area contributed by atoms with Gasteiger partial charge < -0.3 is 10.1 Å². The molecule has 2 aliphatic rings. The quantitative estimate of drug-likeness (QED) is 0.914. The zero-order valence-corrected chi connectivity index (χ0v) is 12.7. The number of aromatic nitrogens is 1. The van der Waals surface area contributed by atoms with Gasteiger partial charge in [-0.25, -0.2) is 0 Å². The fourth-order valence-corrected chi connectivity index (χ4v) is 3.73. The molecule has 1 spiro atoms. The highest BCUT2D eigenvalue weighted by molar-refractivity contribution is 5.18. The molecule has 3 nitrogen and oxygen atoms in total. The van der Waals surface area contributed by atoms with Gasteiger partial charge in [-0.05, 0) is 69.2 Å². The first-order valence-corrected chi connectivity index (χ1v) is 8.02. The third kappa shape index (κ3) is 2.75. The molecule has 0 radical (unpaired) electrons. The number of ether oxygens (including phenoxy) is 1. The van der Waals surface area contributed by atoms with Gasteiger partial charge in [-0.3, -0.25) is 4.98 Å². The lowest BCUT2D eigenvalue weighted by atomic mass is 9.70. The van der Waals surface area contributed by atoms with E-state index in [1.165, 1.54) is 36.9 Å². The molecule has 3 heteroatoms. The Morgan fingerprint density at radius 1 is 1.50 bits per heavy atom. The molecule has 1 N–H and O–H groups in total. The molecule has 1 aliphatic heterocycles. The summed E-state index contributed by atoms with van der Waals surface area (Å²) in [5, 5.41) is 3.66. The molecule has 2 heterocycles. The lowest BCUT2D eigenvalue weighted by molar-refractivity contribution is -0.147. The molecule has 0 bridgehead atoms. The van der Waals surface area contributed by atoms with E-state index in [0.29, 0.717) is 12.0 Å². The largest absolute Gasteiger partial charge is 0.375 e. The normalized spacial score (nSPS) is 26.2. The van der Waals surface area contributed by atoms with Crippen LogP contribution >= 0.6 is 0 Å². The lowest BCUT2D eigenvalue weighted by Crippen LogP contribution is -2.48. The minimum atomic E-state index is 0.209. The molecule has 1 saturated heterocycles. The lowest BCUT2D eigenvalue weighted by Gasteiger charge is -2.48. The highest BCUT2D eigenvalue weighted by Crippen LogP contribution is 2.47. The fraction of sp³-hybridized carbons (Fsp3) is 0.706. The summed E-state index contributed by atoms with van der Waals surface area (Å²) in [5.41, 5.74) is 2.71. The second kappa shape index (κ2) is 5.82. The predicted molar refractivity (Wildman–Crippen MR) is 80.6 cm³/mol. The number of hydrogen-bond acceptors (Lipinski definition) is 3. The number of nitrogens with zero attached hydrogens (tertiary/aromatic N) is 1. The van der Waals surface area contributed by atoms with E-state index in [1.807, 2.05) is 6.20 Å². The number of rotatable bonds is 4. The Balaban J connectivity index is 1.79. The SMILES string of the molecule is CCNC(c1cc(C)ccn1)C1CCOC2(CCC2)C1. The summed E-state index contributed by atoms with van der Waals surface area (Å²) in [5.74, 6) is 0.651. The number of aryl methyl sites for hydroxylation is 1. The Morgan fingerprint density at radius 2 is 2.35 bits per heavy atom. The fourth-order valence-electron chi connectivity index (χ4n) is 3.73. The molecular weight excluding hydrogens is 248 g/mol. The molecule has 1 aromatic heterocycles. The highest BCUT2D eigenvalue weighted by Gasteiger charge is 2.44. The smallest absolute Gasteiger partial charge is 0.0686 e. The molecular formula is C17H26N2O. The van der Waals surface area contributed by atoms with Crippen LogP contribution in [0.5, 0.6) is 0 Å². The van der Waals surface area contributed by atoms with Crippen molar-refractivity contribution in [3.8, 4) is 0 Å². The molecule has 1 aromatic rings. The Labute approximate surface area is 122 Å². The zero-order chi connectivity index (χ0) is 14.0. The van der Waals surface area contributed by atoms with Crippen LogP contribution in [-0.2, 0) is 4.74 Å². The summed E-state index contributed by atoms with van der Waals surface area (Å²) in [6, 6.07) is 4.68. The molecule has 0 aromatic carbocycles. The van der Waals surface area contributed by atoms with Gasteiger partial charge in [0.2, 0.25) is 0 Å². The molecule has 3 rings (SSSR count). The summed E-state index contributed by atoms with van der Waals surface area (Å²) >= 11 is 0. The van der Waals surface area contributed by atoms with Crippen LogP contribution in [0, 0.1) is 12.8 Å². The number of nitrogens with one attached hydrogen (secondary N) is 1. The van der Waals surface area contributed by atoms with Crippen molar-refractivity contribution in [2.24, 2.45) is 5.92 Å². The van der Waals surface area contributed by atoms with Crippen molar-refractivity contribution in [1.82, 2.24) is 10.3 Å². The van der Waals surface area contributed by atoms with Gasteiger partial charge in [0.25, 0.3) is 0 Å². The van der Waals surface area contributed by atoms with Crippen LogP contribution in [0.3, 0.4) is 0 Å². The van der Waals surface area contributed by atoms with Gasteiger partial charge in [0, 0.05) is 12.8 Å². The minimum absolute atomic E-state index is 0.209. The van der Waals surface area contributed by atoms with Crippen LogP contribution in [0.2, 0.25) is 0 Å². The van der Waals surface area contributed by atoms with E-state index < -0.39 is 0 Å². The monoisotopic (exact) mass is 274 g/mol. The van der Waals surface area contributed by atoms with Crippen molar-refractivity contribution in [2.45, 2.75) is 57.6 Å². The second-order valence-corrected chi connectivity index (χ2v) is 6.43. The third-order valence-electron chi connectivity index (χ3n) is 4.95. The van der Waals surface area contributed by atoms with Crippen LogP contribution in [-0.4, -0.2) is 23.7 Å². The predicted octanol–water partition coefficient (Wildman–Crippen LogP) is 3.39. The maximum Gasteiger partial charge on any atom is 0.0686 e. The van der Waals surface area contributed by atoms with Crippen molar-refractivity contribution in [1.29, 1.82) is 0 Å². The molecule has 20 heavy (non-hydrogen) atoms. The van der Waals surface area contributed by atoms with Crippen molar-refractivity contribution >= 4 is 0 Å². The van der Waals surface area contributed by atoms with Crippen LogP contribution in [0.1, 0.15) is 56.3 Å². The van der Waals surface area contributed by atoms with Gasteiger partial charge in [0.1, 0.15) is 0 Å². The van der Waals surface area contributed by atoms with Crippen molar-refractivity contribution < 1.29 is 4.74 Å². The maximum absolute atomic E-state index is 6.07. The van der Waals surface area contributed by atoms with Crippen LogP contribution in [0.4, 0.5) is 0 Å². The molecule has 0 amide bonds. The molecule has 1 saturated carbocycles. The van der Waals surface area contributed by atoms with Crippen molar-refractivity contribution in [2.75, 3.05) is 13.2 Å². The molecule has 2 fully saturated rings. The van der Waals surface area contributed by atoms with Gasteiger partial charge in [-0.2, -0.15) is 0 Å². The van der Waals surface area contributed by atoms with Gasteiger partial charge in [-0.15, -0.1) is 0 Å². The Kier molecular flexibility index (Phi) is 4.08. The van der Waals surface area contributed by atoms with E-state index in [9.17, 15) is 0 Å². The first-order valence-electron chi connectivity index (χ1n) is 8.02. The van der Waals surface area contributed by atoms with Gasteiger partial charge >= 0.3 is 0 Å². The van der Waals surface area contributed by atoms with E-state index in [1.54, 1.807) is 0 Å². The standard InChI is InChI=1S/C17H26N2O/c1-3-18-16(15-11-13(2)5-9-19-15)14-6-10-20-17(12-14)7-4-8-17/h5,9,11,14,16,18H,3-4,6-8,10,12H2,1-2H3. The van der Waals surface area contributed by atoms with Gasteiger partial charge in [-0.1, -0.05) is 6.92 Å². The van der Waals surface area contributed by atoms with E-state index in [4.69, 9.17) is 4.74 Å². The van der Waals surface area contributed by atoms with Crippen molar-refractivity contribution in [3.05, 3.63) is 29.6 Å². The average molecular weight is 274 g/mol. The van der Waals surface area contributed by atoms with Gasteiger partial charge in [0.05, 0.1) is 17.3 Å². The van der Waals surface area contributed by atoms with E-state index in [2.05, 4.69) is 36.3 Å². The zero-order valence-electron chi connectivity index (χ0n) is 12.7. The maximum atomic E-state index is 6.07. The first kappa shape index (κ1) is 14.0. The average Bonchev–Trinajstić information content (AvgIpc) is 2.43. The van der Waals surface area contributed by atoms with E-state index in [0.717, 1.165) is 19.6 Å². The Morgan fingerprint density at radius 3 is 3.00 bits per heavy atom. The molecule has 2 unspecified atom stereocenters. The molecule has 1 aliphatic carbocycles. The van der Waals surface area contributed by atoms with Crippen LogP contribution in [0.15, 0.2) is 18.3 Å². The summed E-state index contributed by atoms with van der Waals surface area (Å²) in [7, 11) is 0. The first-order chi connectivity index (χ1) is 9.72. The number of pyridine rings is 1. The van der Waals surface area contributed by atoms with E-state index in [-0.39, 0.29) is 5.60 Å².